The summed E-state index contributed by atoms with van der Waals surface area (Å²) in [5, 5.41) is 4.54. The van der Waals surface area contributed by atoms with Crippen LogP contribution in [0.2, 0.25) is 20.2 Å². The maximum atomic E-state index is 6.02. The molecule has 0 aliphatic carbocycles. The first-order valence-electron chi connectivity index (χ1n) is 4.45. The number of benzene rings is 1. The summed E-state index contributed by atoms with van der Waals surface area (Å²) in [4.78, 5) is 7.75. The molecule has 1 N–H and O–H groups in total. The van der Waals surface area contributed by atoms with Crippen molar-refractivity contribution < 1.29 is 0 Å². The SMILES string of the molecule is Clc1cc(Cl)c(Nc2cc(Cl)ncn2)c(Cl)c1. The quantitative estimate of drug-likeness (QED) is 0.807. The second-order valence-electron chi connectivity index (χ2n) is 3.10. The Morgan fingerprint density at radius 1 is 0.882 bits per heavy atom. The summed E-state index contributed by atoms with van der Waals surface area (Å²) in [6, 6.07) is 4.73. The highest BCUT2D eigenvalue weighted by molar-refractivity contribution is 6.41. The fraction of sp³-hybridized carbons (Fsp3) is 0. The van der Waals surface area contributed by atoms with E-state index in [0.717, 1.165) is 0 Å². The molecular formula is C10H5Cl4N3. The summed E-state index contributed by atoms with van der Waals surface area (Å²) in [6.45, 7) is 0. The zero-order chi connectivity index (χ0) is 12.4. The van der Waals surface area contributed by atoms with Gasteiger partial charge in [0.2, 0.25) is 0 Å². The lowest BCUT2D eigenvalue weighted by atomic mass is 10.3. The van der Waals surface area contributed by atoms with Gasteiger partial charge in [0.15, 0.2) is 0 Å². The van der Waals surface area contributed by atoms with E-state index in [0.29, 0.717) is 31.7 Å². The van der Waals surface area contributed by atoms with Crippen molar-refractivity contribution in [3.63, 3.8) is 0 Å². The third-order valence-electron chi connectivity index (χ3n) is 1.89. The molecule has 0 bridgehead atoms. The molecule has 2 aromatic rings. The number of nitrogens with one attached hydrogen (secondary N) is 1. The molecule has 88 valence electrons. The van der Waals surface area contributed by atoms with E-state index in [1.807, 2.05) is 0 Å². The van der Waals surface area contributed by atoms with Crippen LogP contribution in [0.1, 0.15) is 0 Å². The first kappa shape index (κ1) is 12.7. The Balaban J connectivity index is 2.36. The molecule has 0 saturated heterocycles. The van der Waals surface area contributed by atoms with Crippen molar-refractivity contribution in [3.05, 3.63) is 44.7 Å². The van der Waals surface area contributed by atoms with Gasteiger partial charge in [-0.25, -0.2) is 9.97 Å². The van der Waals surface area contributed by atoms with Gasteiger partial charge in [0.05, 0.1) is 15.7 Å². The minimum atomic E-state index is 0.323. The number of nitrogens with zero attached hydrogens (tertiary/aromatic N) is 2. The minimum absolute atomic E-state index is 0.323. The molecule has 0 aliphatic rings. The molecule has 0 fully saturated rings. The molecule has 0 amide bonds. The zero-order valence-electron chi connectivity index (χ0n) is 8.22. The lowest BCUT2D eigenvalue weighted by Gasteiger charge is -2.09. The van der Waals surface area contributed by atoms with Crippen molar-refractivity contribution in [3.8, 4) is 0 Å². The third kappa shape index (κ3) is 3.13. The summed E-state index contributed by atoms with van der Waals surface area (Å²) in [5.74, 6) is 0.496. The number of halogens is 4. The van der Waals surface area contributed by atoms with Gasteiger partial charge in [-0.05, 0) is 12.1 Å². The normalized spacial score (nSPS) is 10.4. The van der Waals surface area contributed by atoms with E-state index >= 15 is 0 Å². The van der Waals surface area contributed by atoms with E-state index in [1.165, 1.54) is 6.33 Å². The molecule has 2 rings (SSSR count). The van der Waals surface area contributed by atoms with E-state index in [9.17, 15) is 0 Å². The number of aromatic nitrogens is 2. The van der Waals surface area contributed by atoms with Crippen LogP contribution in [-0.2, 0) is 0 Å². The largest absolute Gasteiger partial charge is 0.338 e. The molecule has 1 heterocycles. The smallest absolute Gasteiger partial charge is 0.135 e. The zero-order valence-corrected chi connectivity index (χ0v) is 11.2. The lowest BCUT2D eigenvalue weighted by Crippen LogP contribution is -1.95. The van der Waals surface area contributed by atoms with Crippen molar-refractivity contribution in [1.82, 2.24) is 9.97 Å². The Hall–Kier alpha value is -0.740. The van der Waals surface area contributed by atoms with E-state index in [4.69, 9.17) is 46.4 Å². The van der Waals surface area contributed by atoms with Crippen molar-refractivity contribution in [2.24, 2.45) is 0 Å². The van der Waals surface area contributed by atoms with Crippen LogP contribution in [0.4, 0.5) is 11.5 Å². The van der Waals surface area contributed by atoms with Crippen molar-refractivity contribution >= 4 is 57.9 Å². The van der Waals surface area contributed by atoms with Gasteiger partial charge in [-0.2, -0.15) is 0 Å². The van der Waals surface area contributed by atoms with Gasteiger partial charge in [-0.3, -0.25) is 0 Å². The van der Waals surface area contributed by atoms with Crippen molar-refractivity contribution in [1.29, 1.82) is 0 Å². The summed E-state index contributed by atoms with van der Waals surface area (Å²) < 4.78 is 0. The molecule has 0 radical (unpaired) electrons. The van der Waals surface area contributed by atoms with Crippen molar-refractivity contribution in [2.45, 2.75) is 0 Å². The van der Waals surface area contributed by atoms with Crippen LogP contribution in [0.25, 0.3) is 0 Å². The highest BCUT2D eigenvalue weighted by Crippen LogP contribution is 2.35. The van der Waals surface area contributed by atoms with E-state index in [1.54, 1.807) is 18.2 Å². The number of hydrogen-bond acceptors (Lipinski definition) is 3. The Labute approximate surface area is 118 Å². The first-order chi connectivity index (χ1) is 8.06. The number of anilines is 2. The highest BCUT2D eigenvalue weighted by Gasteiger charge is 2.08. The Morgan fingerprint density at radius 3 is 2.12 bits per heavy atom. The summed E-state index contributed by atoms with van der Waals surface area (Å²) in [7, 11) is 0. The molecule has 3 nitrogen and oxygen atoms in total. The molecule has 17 heavy (non-hydrogen) atoms. The molecule has 0 atom stereocenters. The molecule has 1 aromatic heterocycles. The standard InChI is InChI=1S/C10H5Cl4N3/c11-5-1-6(12)10(7(13)2-5)17-9-3-8(14)15-4-16-9/h1-4H,(H,15,16,17). The number of rotatable bonds is 2. The van der Waals surface area contributed by atoms with E-state index in [-0.39, 0.29) is 0 Å². The monoisotopic (exact) mass is 307 g/mol. The predicted molar refractivity (Wildman–Crippen MR) is 71.8 cm³/mol. The van der Waals surface area contributed by atoms with E-state index in [2.05, 4.69) is 15.3 Å². The lowest BCUT2D eigenvalue weighted by molar-refractivity contribution is 1.17. The maximum absolute atomic E-state index is 6.02. The topological polar surface area (TPSA) is 37.8 Å². The highest BCUT2D eigenvalue weighted by atomic mass is 35.5. The van der Waals surface area contributed by atoms with Crippen LogP contribution in [0, 0.1) is 0 Å². The molecule has 7 heteroatoms. The summed E-state index contributed by atoms with van der Waals surface area (Å²) in [6.07, 6.45) is 1.34. The summed E-state index contributed by atoms with van der Waals surface area (Å²) in [5.41, 5.74) is 0.521. The van der Waals surface area contributed by atoms with Crippen LogP contribution in [-0.4, -0.2) is 9.97 Å². The van der Waals surface area contributed by atoms with Gasteiger partial charge in [0.25, 0.3) is 0 Å². The molecular weight excluding hydrogens is 304 g/mol. The Morgan fingerprint density at radius 2 is 1.53 bits per heavy atom. The first-order valence-corrected chi connectivity index (χ1v) is 5.96. The fourth-order valence-corrected chi connectivity index (χ4v) is 2.25. The summed E-state index contributed by atoms with van der Waals surface area (Å²) >= 11 is 23.6. The van der Waals surface area contributed by atoms with Gasteiger partial charge in [-0.15, -0.1) is 0 Å². The second-order valence-corrected chi connectivity index (χ2v) is 4.73. The molecule has 0 unspecified atom stereocenters. The van der Waals surface area contributed by atoms with Crippen LogP contribution in [0.5, 0.6) is 0 Å². The fourth-order valence-electron chi connectivity index (χ4n) is 1.19. The Bertz CT molecular complexity index is 536. The predicted octanol–water partition coefficient (Wildman–Crippen LogP) is 4.83. The third-order valence-corrected chi connectivity index (χ3v) is 2.91. The maximum Gasteiger partial charge on any atom is 0.135 e. The average Bonchev–Trinajstić information content (AvgIpc) is 2.23. The number of hydrogen-bond donors (Lipinski definition) is 1. The average molecular weight is 309 g/mol. The van der Waals surface area contributed by atoms with Crippen LogP contribution >= 0.6 is 46.4 Å². The molecule has 0 saturated carbocycles. The van der Waals surface area contributed by atoms with Gasteiger partial charge >= 0.3 is 0 Å². The van der Waals surface area contributed by atoms with Crippen LogP contribution in [0.15, 0.2) is 24.5 Å². The van der Waals surface area contributed by atoms with Crippen LogP contribution in [0.3, 0.4) is 0 Å². The van der Waals surface area contributed by atoms with Crippen LogP contribution < -0.4 is 5.32 Å². The molecule has 1 aromatic carbocycles. The van der Waals surface area contributed by atoms with E-state index < -0.39 is 0 Å². The van der Waals surface area contributed by atoms with Gasteiger partial charge in [0, 0.05) is 11.1 Å². The van der Waals surface area contributed by atoms with Crippen molar-refractivity contribution in [2.75, 3.05) is 5.32 Å². The molecule has 0 aliphatic heterocycles. The van der Waals surface area contributed by atoms with Gasteiger partial charge in [0.1, 0.15) is 17.3 Å². The minimum Gasteiger partial charge on any atom is -0.338 e. The van der Waals surface area contributed by atoms with Gasteiger partial charge in [-0.1, -0.05) is 46.4 Å². The second kappa shape index (κ2) is 5.27. The van der Waals surface area contributed by atoms with Gasteiger partial charge < -0.3 is 5.32 Å². The molecule has 0 spiro atoms. The Kier molecular flexibility index (Phi) is 3.94.